The number of rotatable bonds is 2. The predicted octanol–water partition coefficient (Wildman–Crippen LogP) is 1.17. The number of carbonyl (C=O) groups is 1. The van der Waals surface area contributed by atoms with E-state index in [1.807, 2.05) is 0 Å². The van der Waals surface area contributed by atoms with Crippen LogP contribution in [0.1, 0.15) is 33.6 Å². The Labute approximate surface area is 122 Å². The Morgan fingerprint density at radius 1 is 1.25 bits per heavy atom. The van der Waals surface area contributed by atoms with Gasteiger partial charge >= 0.3 is 0 Å². The van der Waals surface area contributed by atoms with Crippen molar-refractivity contribution in [2.75, 3.05) is 39.3 Å². The first kappa shape index (κ1) is 14.3. The minimum absolute atomic E-state index is 0.160. The fraction of sp³-hybridized carbons (Fsp3) is 0.938. The highest BCUT2D eigenvalue weighted by Gasteiger charge is 2.49. The number of hydrogen-bond acceptors (Lipinski definition) is 3. The van der Waals surface area contributed by atoms with E-state index in [1.54, 1.807) is 0 Å². The van der Waals surface area contributed by atoms with E-state index in [1.165, 1.54) is 12.8 Å². The van der Waals surface area contributed by atoms with Gasteiger partial charge in [-0.05, 0) is 51.0 Å². The van der Waals surface area contributed by atoms with Crippen molar-refractivity contribution in [3.63, 3.8) is 0 Å². The molecule has 3 rings (SSSR count). The fourth-order valence-electron chi connectivity index (χ4n) is 4.29. The Morgan fingerprint density at radius 3 is 2.60 bits per heavy atom. The summed E-state index contributed by atoms with van der Waals surface area (Å²) in [4.78, 5) is 17.1. The minimum Gasteiger partial charge on any atom is -0.342 e. The number of piperidine rings is 1. The summed E-state index contributed by atoms with van der Waals surface area (Å²) in [7, 11) is 0. The van der Waals surface area contributed by atoms with Gasteiger partial charge < -0.3 is 10.2 Å². The maximum Gasteiger partial charge on any atom is 0.236 e. The van der Waals surface area contributed by atoms with Crippen LogP contribution in [0.3, 0.4) is 0 Å². The zero-order valence-electron chi connectivity index (χ0n) is 13.2. The Hall–Kier alpha value is -0.610. The number of nitrogens with zero attached hydrogens (tertiary/aromatic N) is 2. The molecule has 1 N–H and O–H groups in total. The zero-order chi connectivity index (χ0) is 14.3. The molecule has 114 valence electrons. The van der Waals surface area contributed by atoms with Crippen molar-refractivity contribution in [3.8, 4) is 0 Å². The largest absolute Gasteiger partial charge is 0.342 e. The number of amides is 1. The maximum atomic E-state index is 12.5. The van der Waals surface area contributed by atoms with Crippen LogP contribution < -0.4 is 5.32 Å². The molecule has 4 heteroatoms. The van der Waals surface area contributed by atoms with E-state index in [0.717, 1.165) is 44.6 Å². The summed E-state index contributed by atoms with van der Waals surface area (Å²) in [5.41, 5.74) is 0.160. The smallest absolute Gasteiger partial charge is 0.236 e. The van der Waals surface area contributed by atoms with E-state index in [-0.39, 0.29) is 5.54 Å². The van der Waals surface area contributed by atoms with Gasteiger partial charge in [0.2, 0.25) is 5.91 Å². The van der Waals surface area contributed by atoms with E-state index in [0.29, 0.717) is 18.4 Å². The van der Waals surface area contributed by atoms with E-state index in [9.17, 15) is 4.79 Å². The number of nitrogens with one attached hydrogen (secondary N) is 1. The summed E-state index contributed by atoms with van der Waals surface area (Å²) >= 11 is 0. The highest BCUT2D eigenvalue weighted by molar-refractivity contribution is 5.78. The van der Waals surface area contributed by atoms with Crippen molar-refractivity contribution in [3.05, 3.63) is 0 Å². The normalized spacial score (nSPS) is 34.5. The SMILES string of the molecule is CC1CCN(C(=O)CN2CC3CNCC3C2(C)C)CC1. The van der Waals surface area contributed by atoms with Gasteiger partial charge in [-0.1, -0.05) is 6.92 Å². The molecule has 3 fully saturated rings. The molecule has 4 nitrogen and oxygen atoms in total. The van der Waals surface area contributed by atoms with E-state index in [4.69, 9.17) is 0 Å². The molecular weight excluding hydrogens is 250 g/mol. The van der Waals surface area contributed by atoms with Crippen LogP contribution in [-0.4, -0.2) is 60.5 Å². The third kappa shape index (κ3) is 2.48. The maximum absolute atomic E-state index is 12.5. The first-order valence-corrected chi connectivity index (χ1v) is 8.22. The molecule has 0 aliphatic carbocycles. The van der Waals surface area contributed by atoms with E-state index in [2.05, 4.69) is 35.9 Å². The van der Waals surface area contributed by atoms with Gasteiger partial charge in [0.05, 0.1) is 6.54 Å². The number of carbonyl (C=O) groups excluding carboxylic acids is 1. The van der Waals surface area contributed by atoms with Crippen LogP contribution in [0.4, 0.5) is 0 Å². The van der Waals surface area contributed by atoms with Crippen LogP contribution in [0.5, 0.6) is 0 Å². The van der Waals surface area contributed by atoms with E-state index < -0.39 is 0 Å². The lowest BCUT2D eigenvalue weighted by Gasteiger charge is -2.37. The second-order valence-corrected chi connectivity index (χ2v) is 7.62. The van der Waals surface area contributed by atoms with E-state index >= 15 is 0 Å². The lowest BCUT2D eigenvalue weighted by molar-refractivity contribution is -0.134. The molecule has 0 aromatic rings. The van der Waals surface area contributed by atoms with Gasteiger partial charge in [-0.3, -0.25) is 9.69 Å². The van der Waals surface area contributed by atoms with Gasteiger partial charge in [0.15, 0.2) is 0 Å². The standard InChI is InChI=1S/C16H29N3O/c1-12-4-6-18(7-5-12)15(20)11-19-10-13-8-17-9-14(13)16(19,2)3/h12-14,17H,4-11H2,1-3H3. The van der Waals surface area contributed by atoms with Gasteiger partial charge in [-0.2, -0.15) is 0 Å². The van der Waals surface area contributed by atoms with Gasteiger partial charge in [-0.15, -0.1) is 0 Å². The molecule has 3 aliphatic heterocycles. The van der Waals surface area contributed by atoms with Crippen LogP contribution in [0.15, 0.2) is 0 Å². The molecule has 3 saturated heterocycles. The summed E-state index contributed by atoms with van der Waals surface area (Å²) in [6, 6.07) is 0. The van der Waals surface area contributed by atoms with Crippen molar-refractivity contribution >= 4 is 5.91 Å². The minimum atomic E-state index is 0.160. The lowest BCUT2D eigenvalue weighted by Crippen LogP contribution is -2.50. The summed E-state index contributed by atoms with van der Waals surface area (Å²) in [5.74, 6) is 2.57. The molecule has 20 heavy (non-hydrogen) atoms. The lowest BCUT2D eigenvalue weighted by atomic mass is 9.85. The topological polar surface area (TPSA) is 35.6 Å². The summed E-state index contributed by atoms with van der Waals surface area (Å²) in [6.45, 7) is 12.8. The molecule has 1 amide bonds. The van der Waals surface area contributed by atoms with Crippen molar-refractivity contribution in [2.24, 2.45) is 17.8 Å². The van der Waals surface area contributed by atoms with Gasteiger partial charge in [0.1, 0.15) is 0 Å². The van der Waals surface area contributed by atoms with Gasteiger partial charge in [0.25, 0.3) is 0 Å². The van der Waals surface area contributed by atoms with Crippen LogP contribution in [0.25, 0.3) is 0 Å². The second-order valence-electron chi connectivity index (χ2n) is 7.62. The van der Waals surface area contributed by atoms with Crippen molar-refractivity contribution in [1.29, 1.82) is 0 Å². The number of fused-ring (bicyclic) bond motifs is 1. The van der Waals surface area contributed by atoms with Crippen LogP contribution in [-0.2, 0) is 4.79 Å². The molecule has 3 heterocycles. The average Bonchev–Trinajstić information content (AvgIpc) is 2.94. The molecule has 3 aliphatic rings. The monoisotopic (exact) mass is 279 g/mol. The predicted molar refractivity (Wildman–Crippen MR) is 80.5 cm³/mol. The highest BCUT2D eigenvalue weighted by Crippen LogP contribution is 2.40. The van der Waals surface area contributed by atoms with Gasteiger partial charge in [0, 0.05) is 31.7 Å². The van der Waals surface area contributed by atoms with Crippen molar-refractivity contribution < 1.29 is 4.79 Å². The molecule has 0 radical (unpaired) electrons. The van der Waals surface area contributed by atoms with Crippen LogP contribution in [0.2, 0.25) is 0 Å². The molecule has 0 spiro atoms. The molecule has 2 unspecified atom stereocenters. The van der Waals surface area contributed by atoms with Crippen molar-refractivity contribution in [1.82, 2.24) is 15.1 Å². The second kappa shape index (κ2) is 5.30. The number of hydrogen-bond donors (Lipinski definition) is 1. The van der Waals surface area contributed by atoms with Gasteiger partial charge in [-0.25, -0.2) is 0 Å². The molecule has 0 bridgehead atoms. The van der Waals surface area contributed by atoms with Crippen LogP contribution >= 0.6 is 0 Å². The first-order valence-electron chi connectivity index (χ1n) is 8.22. The molecular formula is C16H29N3O. The molecule has 2 atom stereocenters. The molecule has 0 aromatic heterocycles. The molecule has 0 saturated carbocycles. The average molecular weight is 279 g/mol. The third-order valence-electron chi connectivity index (χ3n) is 5.98. The first-order chi connectivity index (χ1) is 9.48. The van der Waals surface area contributed by atoms with Crippen LogP contribution in [0, 0.1) is 17.8 Å². The Morgan fingerprint density at radius 2 is 1.95 bits per heavy atom. The molecule has 0 aromatic carbocycles. The quantitative estimate of drug-likeness (QED) is 0.824. The van der Waals surface area contributed by atoms with Crippen molar-refractivity contribution in [2.45, 2.75) is 39.2 Å². The summed E-state index contributed by atoms with van der Waals surface area (Å²) in [6.07, 6.45) is 2.34. The summed E-state index contributed by atoms with van der Waals surface area (Å²) in [5, 5.41) is 3.50. The number of likely N-dealkylation sites (tertiary alicyclic amines) is 2. The Kier molecular flexibility index (Phi) is 3.80. The summed E-state index contributed by atoms with van der Waals surface area (Å²) < 4.78 is 0. The zero-order valence-corrected chi connectivity index (χ0v) is 13.2. The third-order valence-corrected chi connectivity index (χ3v) is 5.98. The Bertz CT molecular complexity index is 374. The fourth-order valence-corrected chi connectivity index (χ4v) is 4.29. The highest BCUT2D eigenvalue weighted by atomic mass is 16.2. The Balaban J connectivity index is 1.59.